The highest BCUT2D eigenvalue weighted by atomic mass is 32.1. The van der Waals surface area contributed by atoms with Gasteiger partial charge in [-0.3, -0.25) is 14.3 Å². The van der Waals surface area contributed by atoms with Gasteiger partial charge in [-0.1, -0.05) is 35.5 Å². The van der Waals surface area contributed by atoms with E-state index in [2.05, 4.69) is 20.0 Å². The van der Waals surface area contributed by atoms with Crippen LogP contribution in [0.4, 0.5) is 5.69 Å². The molecule has 5 rings (SSSR count). The summed E-state index contributed by atoms with van der Waals surface area (Å²) in [4.78, 5) is 27.9. The fraction of sp³-hybridized carbons (Fsp3) is 0.208. The predicted molar refractivity (Wildman–Crippen MR) is 124 cm³/mol. The number of amides is 1. The van der Waals surface area contributed by atoms with Crippen LogP contribution in [-0.2, 0) is 9.53 Å². The molecule has 1 saturated heterocycles. The summed E-state index contributed by atoms with van der Waals surface area (Å²) in [6, 6.07) is 18.9. The van der Waals surface area contributed by atoms with Crippen LogP contribution >= 0.6 is 11.3 Å². The first-order valence-corrected chi connectivity index (χ1v) is 11.4. The van der Waals surface area contributed by atoms with Crippen molar-refractivity contribution in [2.75, 3.05) is 18.5 Å². The van der Waals surface area contributed by atoms with Crippen LogP contribution in [0.15, 0.2) is 75.4 Å². The zero-order valence-corrected chi connectivity index (χ0v) is 18.4. The number of anilines is 1. The molecule has 1 aliphatic heterocycles. The van der Waals surface area contributed by atoms with Gasteiger partial charge in [0.15, 0.2) is 11.4 Å². The molecule has 0 unspecified atom stereocenters. The maximum absolute atomic E-state index is 13.4. The maximum Gasteiger partial charge on any atom is 0.439 e. The minimum Gasteiger partial charge on any atom is -0.477 e. The van der Waals surface area contributed by atoms with E-state index in [1.807, 2.05) is 66.0 Å². The summed E-state index contributed by atoms with van der Waals surface area (Å²) in [6.07, 6.45) is 0.939. The van der Waals surface area contributed by atoms with Crippen molar-refractivity contribution in [1.29, 1.82) is 0 Å². The Labute approximate surface area is 193 Å². The second-order valence-electron chi connectivity index (χ2n) is 7.70. The van der Waals surface area contributed by atoms with Gasteiger partial charge < -0.3 is 14.8 Å². The molecule has 3 heterocycles. The fourth-order valence-corrected chi connectivity index (χ4v) is 4.61. The van der Waals surface area contributed by atoms with Gasteiger partial charge in [-0.2, -0.15) is 0 Å². The van der Waals surface area contributed by atoms with Crippen LogP contribution < -0.4 is 15.8 Å². The maximum atomic E-state index is 13.4. The number of hydrogen-bond donors (Lipinski definition) is 2. The molecule has 1 aliphatic rings. The van der Waals surface area contributed by atoms with Gasteiger partial charge in [0, 0.05) is 18.5 Å². The van der Waals surface area contributed by atoms with E-state index in [0.29, 0.717) is 43.3 Å². The topological polar surface area (TPSA) is 106 Å². The summed E-state index contributed by atoms with van der Waals surface area (Å²) in [7, 11) is 0. The number of hydrogen-bond acceptors (Lipinski definition) is 7. The average molecular weight is 464 g/mol. The Balaban J connectivity index is 1.37. The lowest BCUT2D eigenvalue weighted by atomic mass is 9.92. The molecule has 0 saturated carbocycles. The van der Waals surface area contributed by atoms with Crippen molar-refractivity contribution in [1.82, 2.24) is 10.1 Å². The van der Waals surface area contributed by atoms with Crippen LogP contribution in [0.25, 0.3) is 21.8 Å². The van der Waals surface area contributed by atoms with Crippen LogP contribution in [-0.4, -0.2) is 34.9 Å². The van der Waals surface area contributed by atoms with E-state index in [1.165, 1.54) is 11.3 Å². The summed E-state index contributed by atoms with van der Waals surface area (Å²) < 4.78 is 16.3. The smallest absolute Gasteiger partial charge is 0.439 e. The minimum absolute atomic E-state index is 0.196. The highest BCUT2D eigenvalue weighted by Gasteiger charge is 2.42. The van der Waals surface area contributed by atoms with Crippen molar-refractivity contribution in [3.63, 3.8) is 0 Å². The summed E-state index contributed by atoms with van der Waals surface area (Å²) >= 11 is 1.44. The monoisotopic (exact) mass is 463 g/mol. The average Bonchev–Trinajstić information content (AvgIpc) is 3.50. The largest absolute Gasteiger partial charge is 0.477 e. The highest BCUT2D eigenvalue weighted by Crippen LogP contribution is 2.33. The first kappa shape index (κ1) is 21.2. The Hall–Kier alpha value is -3.69. The number of nitrogens with zero attached hydrogens (tertiary/aromatic N) is 1. The number of benzene rings is 2. The Morgan fingerprint density at radius 2 is 1.88 bits per heavy atom. The highest BCUT2D eigenvalue weighted by molar-refractivity contribution is 7.13. The molecule has 168 valence electrons. The molecule has 9 heteroatoms. The first-order valence-electron chi connectivity index (χ1n) is 10.5. The lowest BCUT2D eigenvalue weighted by Gasteiger charge is -2.36. The molecule has 2 N–H and O–H groups in total. The summed E-state index contributed by atoms with van der Waals surface area (Å²) in [6.45, 7) is 0.921. The first-order chi connectivity index (χ1) is 16.1. The van der Waals surface area contributed by atoms with E-state index in [0.717, 1.165) is 16.0 Å². The quantitative estimate of drug-likeness (QED) is 0.441. The minimum atomic E-state index is -0.996. The molecule has 1 amide bonds. The van der Waals surface area contributed by atoms with Crippen LogP contribution in [0.2, 0.25) is 0 Å². The number of aromatic nitrogens is 2. The summed E-state index contributed by atoms with van der Waals surface area (Å²) in [5, 5.41) is 8.72. The number of nitrogens with one attached hydrogen (secondary N) is 2. The van der Waals surface area contributed by atoms with Crippen molar-refractivity contribution in [3.8, 4) is 27.6 Å². The third-order valence-electron chi connectivity index (χ3n) is 5.50. The van der Waals surface area contributed by atoms with E-state index in [-0.39, 0.29) is 5.91 Å². The molecule has 1 fully saturated rings. The van der Waals surface area contributed by atoms with E-state index in [1.54, 1.807) is 0 Å². The van der Waals surface area contributed by atoms with E-state index in [4.69, 9.17) is 9.47 Å². The number of carbonyl (C=O) groups excluding carboxylic acids is 1. The third kappa shape index (κ3) is 4.59. The summed E-state index contributed by atoms with van der Waals surface area (Å²) in [5.74, 6) is 0.252. The zero-order chi connectivity index (χ0) is 22.7. The number of rotatable bonds is 6. The molecule has 0 spiro atoms. The number of thiophene rings is 1. The molecule has 4 aromatic rings. The Bertz CT molecular complexity index is 1300. The molecule has 33 heavy (non-hydrogen) atoms. The normalized spacial score (nSPS) is 15.2. The Kier molecular flexibility index (Phi) is 5.80. The molecule has 2 aromatic heterocycles. The summed E-state index contributed by atoms with van der Waals surface area (Å²) in [5.41, 5.74) is 1.54. The van der Waals surface area contributed by atoms with Crippen LogP contribution in [0.3, 0.4) is 0 Å². The van der Waals surface area contributed by atoms with E-state index >= 15 is 0 Å². The van der Waals surface area contributed by atoms with Crippen LogP contribution in [0, 0.1) is 0 Å². The number of aromatic amines is 1. The lowest BCUT2D eigenvalue weighted by molar-refractivity contribution is -0.139. The standard InChI is InChI=1S/C24H21N3O5S/c28-22(24(9-11-30-12-10-24)31-19-7-2-1-3-8-19)25-18-6-4-5-16(13-18)17-14-20(33-15-17)21-26-23(29)32-27-21/h1-8,13-15H,9-12H2,(H,25,28)(H,26,27,29). The molecular weight excluding hydrogens is 442 g/mol. The van der Waals surface area contributed by atoms with Gasteiger partial charge in [-0.05, 0) is 46.8 Å². The number of carbonyl (C=O) groups is 1. The fourth-order valence-electron chi connectivity index (χ4n) is 3.76. The lowest BCUT2D eigenvalue weighted by Crippen LogP contribution is -2.51. The van der Waals surface area contributed by atoms with Crippen LogP contribution in [0.1, 0.15) is 12.8 Å². The Morgan fingerprint density at radius 3 is 2.64 bits per heavy atom. The Morgan fingerprint density at radius 1 is 1.06 bits per heavy atom. The van der Waals surface area contributed by atoms with Gasteiger partial charge in [-0.15, -0.1) is 11.3 Å². The van der Waals surface area contributed by atoms with Crippen molar-refractivity contribution < 1.29 is 18.8 Å². The molecule has 0 radical (unpaired) electrons. The van der Waals surface area contributed by atoms with Crippen molar-refractivity contribution in [2.45, 2.75) is 18.4 Å². The van der Waals surface area contributed by atoms with Gasteiger partial charge in [0.2, 0.25) is 0 Å². The number of para-hydroxylation sites is 1. The number of ether oxygens (including phenoxy) is 2. The third-order valence-corrected chi connectivity index (χ3v) is 6.43. The molecule has 2 aromatic carbocycles. The van der Waals surface area contributed by atoms with Gasteiger partial charge >= 0.3 is 5.76 Å². The SMILES string of the molecule is O=C(Nc1cccc(-c2csc(-c3noc(=O)[nH]3)c2)c1)C1(Oc2ccccc2)CCOCC1. The van der Waals surface area contributed by atoms with E-state index in [9.17, 15) is 9.59 Å². The van der Waals surface area contributed by atoms with Crippen molar-refractivity contribution in [2.24, 2.45) is 0 Å². The zero-order valence-electron chi connectivity index (χ0n) is 17.6. The van der Waals surface area contributed by atoms with Crippen molar-refractivity contribution in [3.05, 3.63) is 76.6 Å². The van der Waals surface area contributed by atoms with Crippen LogP contribution in [0.5, 0.6) is 5.75 Å². The number of H-pyrrole nitrogens is 1. The van der Waals surface area contributed by atoms with E-state index < -0.39 is 11.4 Å². The van der Waals surface area contributed by atoms with Gasteiger partial charge in [-0.25, -0.2) is 4.79 Å². The second-order valence-corrected chi connectivity index (χ2v) is 8.61. The second kappa shape index (κ2) is 9.05. The molecule has 0 bridgehead atoms. The molecule has 0 aliphatic carbocycles. The van der Waals surface area contributed by atoms with Gasteiger partial charge in [0.1, 0.15) is 5.75 Å². The molecule has 8 nitrogen and oxygen atoms in total. The predicted octanol–water partition coefficient (Wildman–Crippen LogP) is 4.33. The van der Waals surface area contributed by atoms with Gasteiger partial charge in [0.05, 0.1) is 18.1 Å². The molecular formula is C24H21N3O5S. The molecule has 0 atom stereocenters. The van der Waals surface area contributed by atoms with Crippen molar-refractivity contribution >= 4 is 22.9 Å². The van der Waals surface area contributed by atoms with Gasteiger partial charge in [0.25, 0.3) is 5.91 Å².